The summed E-state index contributed by atoms with van der Waals surface area (Å²) in [7, 11) is 1.65. The first kappa shape index (κ1) is 23.1. The standard InChI is InChI=1S/C22H24ClFN4O2S/c1-14-6-7-15(24)10-18(14)28-20(31-17-8-9-19(23)25-12-17)11-16(26-28)13-27(5)21(29)30-22(2,3)4/h6-12H,13H2,1-5H3. The minimum Gasteiger partial charge on any atom is -0.444 e. The summed E-state index contributed by atoms with van der Waals surface area (Å²) in [6, 6.07) is 9.97. The molecule has 0 atom stereocenters. The van der Waals surface area contributed by atoms with E-state index in [1.807, 2.05) is 39.8 Å². The van der Waals surface area contributed by atoms with E-state index in [9.17, 15) is 9.18 Å². The summed E-state index contributed by atoms with van der Waals surface area (Å²) in [5.74, 6) is -0.354. The maximum atomic E-state index is 14.0. The normalized spacial score (nSPS) is 11.5. The summed E-state index contributed by atoms with van der Waals surface area (Å²) in [4.78, 5) is 18.8. The maximum Gasteiger partial charge on any atom is 0.410 e. The third-order valence-electron chi connectivity index (χ3n) is 4.15. The Balaban J connectivity index is 1.94. The lowest BCUT2D eigenvalue weighted by Crippen LogP contribution is -2.33. The zero-order valence-electron chi connectivity index (χ0n) is 18.0. The summed E-state index contributed by atoms with van der Waals surface area (Å²) >= 11 is 7.31. The van der Waals surface area contributed by atoms with Crippen molar-refractivity contribution in [1.29, 1.82) is 0 Å². The lowest BCUT2D eigenvalue weighted by Gasteiger charge is -2.24. The SMILES string of the molecule is Cc1ccc(F)cc1-n1nc(CN(C)C(=O)OC(C)(C)C)cc1Sc1ccc(Cl)nc1. The molecule has 1 aromatic carbocycles. The van der Waals surface area contributed by atoms with Gasteiger partial charge in [-0.2, -0.15) is 5.10 Å². The summed E-state index contributed by atoms with van der Waals surface area (Å²) in [6.07, 6.45) is 1.22. The van der Waals surface area contributed by atoms with Gasteiger partial charge in [0.25, 0.3) is 0 Å². The number of rotatable bonds is 5. The fraction of sp³-hybridized carbons (Fsp3) is 0.318. The van der Waals surface area contributed by atoms with E-state index in [-0.39, 0.29) is 12.4 Å². The van der Waals surface area contributed by atoms with Gasteiger partial charge in [0.2, 0.25) is 0 Å². The number of ether oxygens (including phenoxy) is 1. The summed E-state index contributed by atoms with van der Waals surface area (Å²) in [5.41, 5.74) is 1.54. The molecule has 0 unspecified atom stereocenters. The Hall–Kier alpha value is -2.58. The topological polar surface area (TPSA) is 60.2 Å². The van der Waals surface area contributed by atoms with Gasteiger partial charge in [-0.3, -0.25) is 0 Å². The van der Waals surface area contributed by atoms with Crippen LogP contribution in [0.4, 0.5) is 9.18 Å². The Morgan fingerprint density at radius 2 is 2.00 bits per heavy atom. The third kappa shape index (κ3) is 6.21. The van der Waals surface area contributed by atoms with Gasteiger partial charge >= 0.3 is 6.09 Å². The first-order valence-electron chi connectivity index (χ1n) is 9.61. The van der Waals surface area contributed by atoms with E-state index in [1.165, 1.54) is 28.8 Å². The molecule has 6 nitrogen and oxygen atoms in total. The number of carbonyl (C=O) groups excluding carboxylic acids is 1. The van der Waals surface area contributed by atoms with Gasteiger partial charge in [0.05, 0.1) is 17.9 Å². The molecule has 1 amide bonds. The number of carbonyl (C=O) groups is 1. The predicted molar refractivity (Wildman–Crippen MR) is 119 cm³/mol. The van der Waals surface area contributed by atoms with Crippen molar-refractivity contribution in [2.24, 2.45) is 0 Å². The monoisotopic (exact) mass is 462 g/mol. The van der Waals surface area contributed by atoms with Gasteiger partial charge in [0.15, 0.2) is 0 Å². The van der Waals surface area contributed by atoms with Gasteiger partial charge in [-0.05, 0) is 63.6 Å². The second-order valence-corrected chi connectivity index (χ2v) is 9.55. The largest absolute Gasteiger partial charge is 0.444 e. The molecule has 0 N–H and O–H groups in total. The highest BCUT2D eigenvalue weighted by atomic mass is 35.5. The molecule has 0 aliphatic rings. The minimum atomic E-state index is -0.591. The fourth-order valence-electron chi connectivity index (χ4n) is 2.73. The number of nitrogens with zero attached hydrogens (tertiary/aromatic N) is 4. The average Bonchev–Trinajstić information content (AvgIpc) is 3.06. The van der Waals surface area contributed by atoms with Crippen molar-refractivity contribution in [3.63, 3.8) is 0 Å². The van der Waals surface area contributed by atoms with Crippen molar-refractivity contribution in [1.82, 2.24) is 19.7 Å². The molecule has 2 heterocycles. The van der Waals surface area contributed by atoms with Crippen LogP contribution in [0, 0.1) is 12.7 Å². The number of aromatic nitrogens is 3. The molecule has 0 spiro atoms. The van der Waals surface area contributed by atoms with Crippen LogP contribution >= 0.6 is 23.4 Å². The van der Waals surface area contributed by atoms with E-state index in [0.29, 0.717) is 16.5 Å². The van der Waals surface area contributed by atoms with Gasteiger partial charge in [-0.15, -0.1) is 0 Å². The smallest absolute Gasteiger partial charge is 0.410 e. The van der Waals surface area contributed by atoms with Crippen molar-refractivity contribution in [2.45, 2.75) is 49.8 Å². The Morgan fingerprint density at radius 1 is 1.26 bits per heavy atom. The molecule has 0 saturated carbocycles. The molecule has 3 aromatic rings. The van der Waals surface area contributed by atoms with E-state index in [0.717, 1.165) is 15.5 Å². The molecule has 0 fully saturated rings. The molecule has 31 heavy (non-hydrogen) atoms. The number of hydrogen-bond acceptors (Lipinski definition) is 5. The highest BCUT2D eigenvalue weighted by Crippen LogP contribution is 2.31. The van der Waals surface area contributed by atoms with Crippen LogP contribution in [-0.4, -0.2) is 38.4 Å². The minimum absolute atomic E-state index is 0.239. The molecule has 0 aliphatic heterocycles. The molecule has 9 heteroatoms. The van der Waals surface area contributed by atoms with Crippen LogP contribution in [0.2, 0.25) is 5.15 Å². The van der Waals surface area contributed by atoms with E-state index in [1.54, 1.807) is 30.1 Å². The van der Waals surface area contributed by atoms with Crippen LogP contribution in [-0.2, 0) is 11.3 Å². The number of benzene rings is 1. The molecular weight excluding hydrogens is 439 g/mol. The Morgan fingerprint density at radius 3 is 2.65 bits per heavy atom. The first-order valence-corrected chi connectivity index (χ1v) is 10.8. The van der Waals surface area contributed by atoms with E-state index in [2.05, 4.69) is 10.1 Å². The van der Waals surface area contributed by atoms with E-state index < -0.39 is 11.7 Å². The second kappa shape index (κ2) is 9.28. The molecule has 0 radical (unpaired) electrons. The molecule has 0 saturated heterocycles. The molecular formula is C22H24ClFN4O2S. The van der Waals surface area contributed by atoms with Crippen molar-refractivity contribution < 1.29 is 13.9 Å². The predicted octanol–water partition coefficient (Wildman–Crippen LogP) is 5.89. The van der Waals surface area contributed by atoms with E-state index in [4.69, 9.17) is 16.3 Å². The van der Waals surface area contributed by atoms with Crippen LogP contribution in [0.3, 0.4) is 0 Å². The zero-order valence-corrected chi connectivity index (χ0v) is 19.6. The number of amides is 1. The van der Waals surface area contributed by atoms with Crippen molar-refractivity contribution >= 4 is 29.5 Å². The van der Waals surface area contributed by atoms with Crippen molar-refractivity contribution in [3.05, 3.63) is 64.8 Å². The van der Waals surface area contributed by atoms with Crippen LogP contribution in [0.1, 0.15) is 32.0 Å². The third-order valence-corrected chi connectivity index (χ3v) is 5.35. The number of halogens is 2. The highest BCUT2D eigenvalue weighted by molar-refractivity contribution is 7.99. The van der Waals surface area contributed by atoms with Gasteiger partial charge in [-0.25, -0.2) is 18.9 Å². The number of aryl methyl sites for hydroxylation is 1. The fourth-order valence-corrected chi connectivity index (χ4v) is 3.75. The van der Waals surface area contributed by atoms with Crippen LogP contribution in [0.5, 0.6) is 0 Å². The highest BCUT2D eigenvalue weighted by Gasteiger charge is 2.21. The van der Waals surface area contributed by atoms with Crippen LogP contribution in [0.25, 0.3) is 5.69 Å². The molecule has 164 valence electrons. The zero-order chi connectivity index (χ0) is 22.8. The lowest BCUT2D eigenvalue weighted by atomic mass is 10.2. The van der Waals surface area contributed by atoms with Gasteiger partial charge in [0, 0.05) is 18.1 Å². The number of pyridine rings is 1. The quantitative estimate of drug-likeness (QED) is 0.442. The summed E-state index contributed by atoms with van der Waals surface area (Å²) < 4.78 is 21.1. The van der Waals surface area contributed by atoms with Crippen molar-refractivity contribution in [2.75, 3.05) is 7.05 Å². The Kier molecular flexibility index (Phi) is 6.91. The Bertz CT molecular complexity index is 1080. The molecule has 0 bridgehead atoms. The van der Waals surface area contributed by atoms with Gasteiger partial charge in [0.1, 0.15) is 21.6 Å². The van der Waals surface area contributed by atoms with Crippen molar-refractivity contribution in [3.8, 4) is 5.69 Å². The van der Waals surface area contributed by atoms with Gasteiger partial charge in [-0.1, -0.05) is 29.4 Å². The van der Waals surface area contributed by atoms with E-state index >= 15 is 0 Å². The summed E-state index contributed by atoms with van der Waals surface area (Å²) in [6.45, 7) is 7.57. The van der Waals surface area contributed by atoms with Gasteiger partial charge < -0.3 is 9.64 Å². The average molecular weight is 463 g/mol. The first-order chi connectivity index (χ1) is 14.5. The molecule has 0 aliphatic carbocycles. The maximum absolute atomic E-state index is 14.0. The van der Waals surface area contributed by atoms with Crippen LogP contribution in [0.15, 0.2) is 52.5 Å². The summed E-state index contributed by atoms with van der Waals surface area (Å²) in [5, 5.41) is 5.80. The second-order valence-electron chi connectivity index (χ2n) is 8.07. The molecule has 3 rings (SSSR count). The lowest BCUT2D eigenvalue weighted by molar-refractivity contribution is 0.0283. The number of hydrogen-bond donors (Lipinski definition) is 0. The Labute approximate surface area is 190 Å². The molecule has 2 aromatic heterocycles. The van der Waals surface area contributed by atoms with Crippen LogP contribution < -0.4 is 0 Å².